The summed E-state index contributed by atoms with van der Waals surface area (Å²) in [6, 6.07) is 92.6. The molecule has 16 rings (SSSR count). The average molecular weight is 1530 g/mol. The Bertz CT molecular complexity index is 4550. The number of fused-ring (bicyclic) bond motifs is 5. The largest absolute Gasteiger partial charge is 0.310 e. The summed E-state index contributed by atoms with van der Waals surface area (Å²) in [4.78, 5) is 5.08. The Balaban J connectivity index is 1.07. The molecule has 6 aliphatic rings. The molecule has 0 spiro atoms. The first-order chi connectivity index (χ1) is 49.5. The summed E-state index contributed by atoms with van der Waals surface area (Å²) >= 11 is 0. The minimum atomic E-state index is -2.07. The zero-order valence-electron chi connectivity index (χ0n) is 69.0. The standard InChI is InChI=1S/C94H122N4Si8/c1-27-69(3)93(5,70(4)28-2)94(6)91-65-79-45-63-89(91)90-64-46-80(66-92(90)94)96(72-31-49-82(50-32-72)100(10,11)12)74-35-57-86(58-36-74)104(21,22)68-106(25,26)88-61-43-78(44-62-88)98(76-39-53-84(54-40-76)102(16,17)18)97(75-37-51-83(52-38-75)101(13,14)15)77-41-59-87(60-42-77)105(23,24)67-103(19,20)85-55-33-73(34-56-85)95(79)71-29-47-81(48-30-71)99(7,8)9/h29-66H,3-4,27-28,67-68H2,1-2,5-26H3. The average Bonchev–Trinajstić information content (AvgIpc) is 1.52. The molecule has 4 nitrogen and oxygen atoms in total. The normalized spacial score (nSPS) is 16.5. The van der Waals surface area contributed by atoms with Gasteiger partial charge in [0.1, 0.15) is 0 Å². The maximum Gasteiger partial charge on any atom is 0.0783 e. The predicted octanol–water partition coefficient (Wildman–Crippen LogP) is 23.4. The lowest BCUT2D eigenvalue weighted by atomic mass is 9.54. The Morgan fingerprint density at radius 3 is 0.736 bits per heavy atom. The third kappa shape index (κ3) is 14.9. The van der Waals surface area contributed by atoms with Crippen molar-refractivity contribution in [3.05, 3.63) is 266 Å². The minimum Gasteiger partial charge on any atom is -0.310 e. The van der Waals surface area contributed by atoms with Crippen molar-refractivity contribution in [3.8, 4) is 11.1 Å². The molecular weight excluding hydrogens is 1410 g/mol. The summed E-state index contributed by atoms with van der Waals surface area (Å²) in [6.45, 7) is 70.1. The van der Waals surface area contributed by atoms with Crippen molar-refractivity contribution in [1.29, 1.82) is 0 Å². The van der Waals surface area contributed by atoms with Gasteiger partial charge in [-0.25, -0.2) is 10.0 Å². The number of hydrogen-bond donors (Lipinski definition) is 0. The van der Waals surface area contributed by atoms with E-state index in [4.69, 9.17) is 13.2 Å². The van der Waals surface area contributed by atoms with Crippen molar-refractivity contribution in [3.63, 3.8) is 0 Å². The molecule has 5 aliphatic heterocycles. The van der Waals surface area contributed by atoms with Crippen LogP contribution in [0.1, 0.15) is 51.7 Å². The molecule has 0 aromatic heterocycles. The number of hydrogen-bond acceptors (Lipinski definition) is 4. The molecule has 5 heterocycles. The van der Waals surface area contributed by atoms with Crippen LogP contribution in [-0.2, 0) is 5.41 Å². The summed E-state index contributed by atoms with van der Waals surface area (Å²) in [5.41, 5.74) is 20.5. The van der Waals surface area contributed by atoms with Gasteiger partial charge in [0.25, 0.3) is 0 Å². The van der Waals surface area contributed by atoms with Crippen LogP contribution >= 0.6 is 0 Å². The van der Waals surface area contributed by atoms with E-state index in [0.717, 1.165) is 69.7 Å². The van der Waals surface area contributed by atoms with Crippen molar-refractivity contribution >= 4 is 163 Å². The smallest absolute Gasteiger partial charge is 0.0783 e. The summed E-state index contributed by atoms with van der Waals surface area (Å²) < 4.78 is 0. The quantitative estimate of drug-likeness (QED) is 0.0842. The van der Waals surface area contributed by atoms with Gasteiger partial charge in [0, 0.05) is 45.0 Å². The Labute approximate surface area is 648 Å². The summed E-state index contributed by atoms with van der Waals surface area (Å²) in [7, 11) is -14.7. The van der Waals surface area contributed by atoms with Crippen LogP contribution in [0.2, 0.25) is 142 Å². The van der Waals surface area contributed by atoms with Crippen molar-refractivity contribution in [1.82, 2.24) is 0 Å². The van der Waals surface area contributed by atoms with Crippen LogP contribution in [0, 0.1) is 5.41 Å². The third-order valence-electron chi connectivity index (χ3n) is 24.7. The Hall–Kier alpha value is -7.38. The molecule has 106 heavy (non-hydrogen) atoms. The topological polar surface area (TPSA) is 13.0 Å². The molecule has 550 valence electrons. The number of allylic oxidation sites excluding steroid dienone is 2. The lowest BCUT2D eigenvalue weighted by molar-refractivity contribution is 0.293. The highest BCUT2D eigenvalue weighted by molar-refractivity contribution is 7.07. The van der Waals surface area contributed by atoms with Crippen molar-refractivity contribution < 1.29 is 0 Å². The number of anilines is 10. The van der Waals surface area contributed by atoms with Gasteiger partial charge in [0.15, 0.2) is 0 Å². The van der Waals surface area contributed by atoms with Gasteiger partial charge in [-0.15, -0.1) is 0 Å². The summed E-state index contributed by atoms with van der Waals surface area (Å²) in [5.74, 6) is 0. The van der Waals surface area contributed by atoms with Gasteiger partial charge in [0.2, 0.25) is 0 Å². The number of nitrogens with zero attached hydrogens (tertiary/aromatic N) is 4. The zero-order chi connectivity index (χ0) is 76.9. The van der Waals surface area contributed by atoms with Gasteiger partial charge in [0.05, 0.1) is 87.3 Å². The molecular formula is C94H122N4Si8. The lowest BCUT2D eigenvalue weighted by Gasteiger charge is -2.49. The number of rotatable bonds is 13. The molecule has 12 heteroatoms. The second-order valence-corrected chi connectivity index (χ2v) is 78.7. The van der Waals surface area contributed by atoms with Crippen molar-refractivity contribution in [2.45, 2.75) is 188 Å². The second-order valence-electron chi connectivity index (χ2n) is 38.2. The zero-order valence-corrected chi connectivity index (χ0v) is 77.0. The van der Waals surface area contributed by atoms with E-state index in [1.54, 1.807) is 0 Å². The first kappa shape index (κ1) is 78.2. The highest BCUT2D eigenvalue weighted by Crippen LogP contribution is 2.64. The maximum absolute atomic E-state index is 5.03. The first-order valence-electron chi connectivity index (χ1n) is 39.2. The van der Waals surface area contributed by atoms with E-state index in [9.17, 15) is 0 Å². The van der Waals surface area contributed by atoms with Crippen molar-refractivity contribution in [2.24, 2.45) is 5.41 Å². The van der Waals surface area contributed by atoms with Gasteiger partial charge in [-0.2, -0.15) is 0 Å². The Morgan fingerprint density at radius 1 is 0.321 bits per heavy atom. The Morgan fingerprint density at radius 2 is 0.519 bits per heavy atom. The fourth-order valence-electron chi connectivity index (χ4n) is 17.9. The maximum atomic E-state index is 5.03. The molecule has 0 amide bonds. The number of hydrazine groups is 1. The van der Waals surface area contributed by atoms with Crippen LogP contribution in [0.3, 0.4) is 0 Å². The molecule has 0 fully saturated rings. The molecule has 0 atom stereocenters. The van der Waals surface area contributed by atoms with Crippen LogP contribution in [0.15, 0.2) is 255 Å². The van der Waals surface area contributed by atoms with E-state index in [1.165, 1.54) is 86.2 Å². The predicted molar refractivity (Wildman–Crippen MR) is 495 cm³/mol. The molecule has 10 aromatic carbocycles. The van der Waals surface area contributed by atoms with Crippen LogP contribution in [-0.4, -0.2) is 64.6 Å². The minimum absolute atomic E-state index is 0.508. The van der Waals surface area contributed by atoms with Gasteiger partial charge in [-0.1, -0.05) is 345 Å². The molecule has 12 bridgehead atoms. The molecule has 0 N–H and O–H groups in total. The van der Waals surface area contributed by atoms with E-state index in [1.807, 2.05) is 0 Å². The van der Waals surface area contributed by atoms with Gasteiger partial charge in [-0.3, -0.25) is 0 Å². The Kier molecular flexibility index (Phi) is 21.1. The van der Waals surface area contributed by atoms with E-state index < -0.39 is 75.4 Å². The van der Waals surface area contributed by atoms with E-state index in [-0.39, 0.29) is 0 Å². The van der Waals surface area contributed by atoms with E-state index >= 15 is 0 Å². The summed E-state index contributed by atoms with van der Waals surface area (Å²) in [5, 5.41) is 16.8. The monoisotopic (exact) mass is 1530 g/mol. The van der Waals surface area contributed by atoms with Crippen LogP contribution < -0.4 is 61.3 Å². The fourth-order valence-corrected chi connectivity index (χ4v) is 47.8. The van der Waals surface area contributed by atoms with Gasteiger partial charge < -0.3 is 9.80 Å². The van der Waals surface area contributed by atoms with Crippen LogP contribution in [0.25, 0.3) is 11.1 Å². The number of benzene rings is 10. The van der Waals surface area contributed by atoms with E-state index in [0.29, 0.717) is 0 Å². The molecule has 10 aromatic rings. The SMILES string of the molecule is C=C(CC)C(C)(C(=C)CC)C1(C)c2cc3ccc2-c2ccc(cc21)N(c1ccc([Si](C)(C)C)cc1)c1ccc(cc1)[Si](C)(C)C[Si](C)(C)c1ccc(cc1)N(c1ccc([Si](C)(C)C)cc1)N(c1ccc([Si](C)(C)C)cc1)c1ccc(cc1)[Si](C)(C)C[Si](C)(C)c1ccc(cc1)N3c1ccc([Si](C)(C)C)cc1. The molecule has 1 aliphatic carbocycles. The van der Waals surface area contributed by atoms with Gasteiger partial charge >= 0.3 is 0 Å². The van der Waals surface area contributed by atoms with Crippen LogP contribution in [0.4, 0.5) is 56.9 Å². The lowest BCUT2D eigenvalue weighted by Crippen LogP contribution is -2.54. The fraction of sp³-hybridized carbons (Fsp3) is 0.319. The molecule has 0 saturated carbocycles. The highest BCUT2D eigenvalue weighted by atomic mass is 28.4. The highest BCUT2D eigenvalue weighted by Gasteiger charge is 2.55. The molecule has 0 radical (unpaired) electrons. The molecule has 0 unspecified atom stereocenters. The van der Waals surface area contributed by atoms with Crippen molar-refractivity contribution in [2.75, 3.05) is 19.8 Å². The second kappa shape index (κ2) is 28.6. The van der Waals surface area contributed by atoms with Gasteiger partial charge in [-0.05, 0) is 156 Å². The third-order valence-corrected chi connectivity index (χ3v) is 54.7. The van der Waals surface area contributed by atoms with Crippen LogP contribution in [0.5, 0.6) is 0 Å². The summed E-state index contributed by atoms with van der Waals surface area (Å²) in [6.07, 6.45) is 1.69. The first-order valence-corrected chi connectivity index (χ1v) is 66.1. The molecule has 0 saturated heterocycles. The van der Waals surface area contributed by atoms with E-state index in [2.05, 4.69) is 409 Å².